The molecule has 1 saturated heterocycles. The third-order valence-corrected chi connectivity index (χ3v) is 7.85. The fraction of sp³-hybridized carbons (Fsp3) is 0.520. The summed E-state index contributed by atoms with van der Waals surface area (Å²) in [5.74, 6) is 0.143. The number of carbonyl (C=O) groups is 1. The van der Waals surface area contributed by atoms with Gasteiger partial charge in [0.2, 0.25) is 0 Å². The maximum absolute atomic E-state index is 12.8. The summed E-state index contributed by atoms with van der Waals surface area (Å²) in [7, 11) is 1.75. The number of thiazole rings is 1. The molecular weight excluding hydrogens is 422 g/mol. The summed E-state index contributed by atoms with van der Waals surface area (Å²) in [5, 5.41) is 14.2. The van der Waals surface area contributed by atoms with Gasteiger partial charge in [0.25, 0.3) is 5.91 Å². The van der Waals surface area contributed by atoms with Crippen LogP contribution in [0.1, 0.15) is 66.8 Å². The van der Waals surface area contributed by atoms with Gasteiger partial charge in [0.05, 0.1) is 23.4 Å². The predicted octanol–water partition coefficient (Wildman–Crippen LogP) is 4.78. The predicted molar refractivity (Wildman–Crippen MR) is 126 cm³/mol. The number of aliphatic hydroxyl groups is 1. The van der Waals surface area contributed by atoms with Crippen LogP contribution in [0.5, 0.6) is 0 Å². The maximum atomic E-state index is 12.8. The number of nitrogens with zero attached hydrogens (tertiary/aromatic N) is 3. The maximum Gasteiger partial charge on any atom is 0.289 e. The molecule has 2 aliphatic rings. The first-order chi connectivity index (χ1) is 15.5. The lowest BCUT2D eigenvalue weighted by molar-refractivity contribution is -0.0391. The fourth-order valence-electron chi connectivity index (χ4n) is 5.25. The van der Waals surface area contributed by atoms with Crippen LogP contribution in [0, 0.1) is 0 Å². The van der Waals surface area contributed by atoms with Gasteiger partial charge in [-0.25, -0.2) is 4.98 Å². The minimum atomic E-state index is -0.817. The van der Waals surface area contributed by atoms with Gasteiger partial charge < -0.3 is 19.3 Å². The van der Waals surface area contributed by atoms with Crippen molar-refractivity contribution in [3.63, 3.8) is 0 Å². The number of hydrogen-bond donors (Lipinski definition) is 1. The van der Waals surface area contributed by atoms with E-state index in [2.05, 4.69) is 9.88 Å². The van der Waals surface area contributed by atoms with E-state index in [4.69, 9.17) is 4.42 Å². The smallest absolute Gasteiger partial charge is 0.289 e. The van der Waals surface area contributed by atoms with Gasteiger partial charge in [0.1, 0.15) is 5.58 Å². The molecule has 1 saturated carbocycles. The highest BCUT2D eigenvalue weighted by molar-refractivity contribution is 7.07. The zero-order chi connectivity index (χ0) is 22.1. The Bertz CT molecular complexity index is 1060. The fourth-order valence-corrected chi connectivity index (χ4v) is 5.80. The average Bonchev–Trinajstić information content (AvgIpc) is 3.49. The van der Waals surface area contributed by atoms with Crippen LogP contribution in [0.4, 0.5) is 0 Å². The standard InChI is InChI=1S/C25H31N3O3S/c1-27(15-20-16-32-17-26-20)24(29)23-14-18-13-19(7-8-22(18)31-23)25(30)9-11-28(12-10-25)21-5-3-2-4-6-21/h7-8,13-14,16-17,21,30H,2-6,9-12,15H2,1H3. The largest absolute Gasteiger partial charge is 0.451 e. The van der Waals surface area contributed by atoms with Crippen LogP contribution in [0.15, 0.2) is 39.6 Å². The van der Waals surface area contributed by atoms with Gasteiger partial charge in [-0.1, -0.05) is 25.3 Å². The Morgan fingerprint density at radius 2 is 2.03 bits per heavy atom. The second-order valence-electron chi connectivity index (χ2n) is 9.36. The van der Waals surface area contributed by atoms with E-state index in [0.717, 1.165) is 42.6 Å². The van der Waals surface area contributed by atoms with Crippen molar-refractivity contribution in [3.8, 4) is 0 Å². The van der Waals surface area contributed by atoms with Gasteiger partial charge in [-0.3, -0.25) is 4.79 Å². The number of furan rings is 1. The van der Waals surface area contributed by atoms with E-state index >= 15 is 0 Å². The SMILES string of the molecule is CN(Cc1cscn1)C(=O)c1cc2cc(C3(O)CCN(C4CCCCC4)CC3)ccc2o1. The molecule has 1 aromatic carbocycles. The highest BCUT2D eigenvalue weighted by Crippen LogP contribution is 2.37. The number of amides is 1. The molecule has 1 N–H and O–H groups in total. The van der Waals surface area contributed by atoms with Crippen LogP contribution in [0.2, 0.25) is 0 Å². The first kappa shape index (κ1) is 21.6. The molecular formula is C25H31N3O3S. The van der Waals surface area contributed by atoms with E-state index in [1.807, 2.05) is 23.6 Å². The Kier molecular flexibility index (Phi) is 6.05. The third kappa shape index (κ3) is 4.34. The zero-order valence-electron chi connectivity index (χ0n) is 18.6. The zero-order valence-corrected chi connectivity index (χ0v) is 19.4. The Balaban J connectivity index is 1.29. The lowest BCUT2D eigenvalue weighted by atomic mass is 9.82. The first-order valence-corrected chi connectivity index (χ1v) is 12.6. The number of piperidine rings is 1. The minimum absolute atomic E-state index is 0.171. The highest BCUT2D eigenvalue weighted by Gasteiger charge is 2.36. The molecule has 0 unspecified atom stereocenters. The molecule has 6 nitrogen and oxygen atoms in total. The van der Waals surface area contributed by atoms with E-state index in [9.17, 15) is 9.90 Å². The van der Waals surface area contributed by atoms with Crippen LogP contribution >= 0.6 is 11.3 Å². The number of hydrogen-bond acceptors (Lipinski definition) is 6. The topological polar surface area (TPSA) is 69.8 Å². The molecule has 7 heteroatoms. The second-order valence-corrected chi connectivity index (χ2v) is 10.1. The molecule has 0 bridgehead atoms. The number of carbonyl (C=O) groups excluding carboxylic acids is 1. The number of aromatic nitrogens is 1. The molecule has 0 atom stereocenters. The first-order valence-electron chi connectivity index (χ1n) is 11.6. The van der Waals surface area contributed by atoms with Crippen LogP contribution in [0.25, 0.3) is 11.0 Å². The summed E-state index contributed by atoms with van der Waals surface area (Å²) in [6, 6.07) is 8.31. The summed E-state index contributed by atoms with van der Waals surface area (Å²) in [4.78, 5) is 21.3. The molecule has 3 aromatic rings. The summed E-state index contributed by atoms with van der Waals surface area (Å²) in [6.07, 6.45) is 8.12. The number of benzene rings is 1. The molecule has 170 valence electrons. The van der Waals surface area contributed by atoms with E-state index in [1.54, 1.807) is 23.5 Å². The van der Waals surface area contributed by atoms with E-state index in [-0.39, 0.29) is 5.91 Å². The average molecular weight is 454 g/mol. The van der Waals surface area contributed by atoms with Crippen molar-refractivity contribution >= 4 is 28.2 Å². The van der Waals surface area contributed by atoms with Gasteiger partial charge >= 0.3 is 0 Å². The molecule has 0 radical (unpaired) electrons. The lowest BCUT2D eigenvalue weighted by Gasteiger charge is -2.43. The quantitative estimate of drug-likeness (QED) is 0.602. The van der Waals surface area contributed by atoms with Crippen LogP contribution < -0.4 is 0 Å². The summed E-state index contributed by atoms with van der Waals surface area (Å²) in [5.41, 5.74) is 3.40. The molecule has 32 heavy (non-hydrogen) atoms. The molecule has 5 rings (SSSR count). The summed E-state index contributed by atoms with van der Waals surface area (Å²) < 4.78 is 5.84. The van der Waals surface area contributed by atoms with Crippen molar-refractivity contribution in [2.75, 3.05) is 20.1 Å². The van der Waals surface area contributed by atoms with Crippen molar-refractivity contribution in [1.82, 2.24) is 14.8 Å². The minimum Gasteiger partial charge on any atom is -0.451 e. The van der Waals surface area contributed by atoms with Gasteiger partial charge in [-0.2, -0.15) is 0 Å². The molecule has 0 spiro atoms. The molecule has 3 heterocycles. The Labute approximate surface area is 192 Å². The second kappa shape index (κ2) is 8.96. The van der Waals surface area contributed by atoms with Gasteiger partial charge in [0, 0.05) is 36.9 Å². The van der Waals surface area contributed by atoms with Crippen LogP contribution in [-0.4, -0.2) is 52.0 Å². The van der Waals surface area contributed by atoms with Crippen LogP contribution in [-0.2, 0) is 12.1 Å². The van der Waals surface area contributed by atoms with E-state index in [1.165, 1.54) is 43.4 Å². The van der Waals surface area contributed by atoms with Crippen molar-refractivity contribution in [1.29, 1.82) is 0 Å². The molecule has 1 amide bonds. The summed E-state index contributed by atoms with van der Waals surface area (Å²) in [6.45, 7) is 2.33. The highest BCUT2D eigenvalue weighted by atomic mass is 32.1. The molecule has 2 fully saturated rings. The number of rotatable bonds is 5. The number of fused-ring (bicyclic) bond motifs is 1. The molecule has 1 aliphatic heterocycles. The monoisotopic (exact) mass is 453 g/mol. The van der Waals surface area contributed by atoms with Crippen molar-refractivity contribution in [3.05, 3.63) is 52.2 Å². The molecule has 2 aromatic heterocycles. The number of likely N-dealkylation sites (tertiary alicyclic amines) is 1. The van der Waals surface area contributed by atoms with Crippen LogP contribution in [0.3, 0.4) is 0 Å². The van der Waals surface area contributed by atoms with E-state index in [0.29, 0.717) is 23.9 Å². The Morgan fingerprint density at radius 1 is 1.25 bits per heavy atom. The van der Waals surface area contributed by atoms with Crippen molar-refractivity contribution in [2.45, 2.75) is 63.1 Å². The van der Waals surface area contributed by atoms with Gasteiger partial charge in [0.15, 0.2) is 5.76 Å². The van der Waals surface area contributed by atoms with Crippen molar-refractivity contribution < 1.29 is 14.3 Å². The molecule has 1 aliphatic carbocycles. The van der Waals surface area contributed by atoms with Gasteiger partial charge in [-0.05, 0) is 49.4 Å². The third-order valence-electron chi connectivity index (χ3n) is 7.21. The summed E-state index contributed by atoms with van der Waals surface area (Å²) >= 11 is 1.52. The van der Waals surface area contributed by atoms with E-state index < -0.39 is 5.60 Å². The Morgan fingerprint density at radius 3 is 2.75 bits per heavy atom. The van der Waals surface area contributed by atoms with Gasteiger partial charge in [-0.15, -0.1) is 11.3 Å². The lowest BCUT2D eigenvalue weighted by Crippen LogP contribution is -2.47. The Hall–Kier alpha value is -2.22. The van der Waals surface area contributed by atoms with Crippen molar-refractivity contribution in [2.24, 2.45) is 0 Å². The normalized spacial score (nSPS) is 19.9.